The molecule has 0 spiro atoms. The normalized spacial score (nSPS) is 30.1. The van der Waals surface area contributed by atoms with E-state index in [9.17, 15) is 0 Å². The summed E-state index contributed by atoms with van der Waals surface area (Å²) in [5.74, 6) is 1.84. The van der Waals surface area contributed by atoms with Crippen LogP contribution < -0.4 is 42.4 Å². The van der Waals surface area contributed by atoms with Gasteiger partial charge in [-0.25, -0.2) is 0 Å². The van der Waals surface area contributed by atoms with Crippen molar-refractivity contribution in [2.75, 3.05) is 0 Å². The maximum atomic E-state index is 2.65. The van der Waals surface area contributed by atoms with Gasteiger partial charge in [-0.3, -0.25) is 0 Å². The zero-order valence-electron chi connectivity index (χ0n) is 15.8. The van der Waals surface area contributed by atoms with E-state index in [0.717, 1.165) is 17.4 Å². The average Bonchev–Trinajstić information content (AvgIpc) is 2.89. The van der Waals surface area contributed by atoms with Crippen LogP contribution in [-0.2, 0) is 20.4 Å². The fourth-order valence-corrected chi connectivity index (χ4v) is 9.48. The van der Waals surface area contributed by atoms with Crippen LogP contribution in [0.15, 0.2) is 54.1 Å². The fourth-order valence-electron chi connectivity index (χ4n) is 5.48. The van der Waals surface area contributed by atoms with Crippen molar-refractivity contribution < 1.29 is 57.7 Å². The van der Waals surface area contributed by atoms with Crippen LogP contribution in [-0.4, -0.2) is 9.52 Å². The number of allylic oxidation sites excluding steroid dienone is 4. The molecule has 3 aliphatic rings. The number of hydrogen-bond acceptors (Lipinski definition) is 0. The molecule has 27 heavy (non-hydrogen) atoms. The topological polar surface area (TPSA) is 0 Å². The van der Waals surface area contributed by atoms with Crippen LogP contribution in [0.3, 0.4) is 0 Å². The Labute approximate surface area is 197 Å². The van der Waals surface area contributed by atoms with E-state index in [1.807, 2.05) is 5.57 Å². The summed E-state index contributed by atoms with van der Waals surface area (Å²) in [7, 11) is -0.209. The Hall–Kier alpha value is 0.501. The molecule has 0 N–H and O–H groups in total. The molecule has 0 bridgehead atoms. The molecule has 2 saturated carbocycles. The molecule has 1 aromatic carbocycles. The van der Waals surface area contributed by atoms with Crippen LogP contribution in [0.25, 0.3) is 0 Å². The summed E-state index contributed by atoms with van der Waals surface area (Å²) in [5.41, 5.74) is 2.78. The minimum atomic E-state index is -0.209. The molecule has 0 nitrogen and oxygen atoms in total. The van der Waals surface area contributed by atoms with Gasteiger partial charge in [0.25, 0.3) is 0 Å². The maximum absolute atomic E-state index is 2.65. The average molecular weight is 476 g/mol. The number of halogens is 3. The van der Waals surface area contributed by atoms with E-state index >= 15 is 0 Å². The van der Waals surface area contributed by atoms with Gasteiger partial charge < -0.3 is 37.2 Å². The number of hydrogen-bond donors (Lipinski definition) is 0. The molecule has 3 atom stereocenters. The third-order valence-electron chi connectivity index (χ3n) is 6.71. The summed E-state index contributed by atoms with van der Waals surface area (Å²) in [5, 5.41) is 1.67. The number of fused-ring (bicyclic) bond motifs is 1. The first kappa shape index (κ1) is 25.5. The molecule has 0 heterocycles. The van der Waals surface area contributed by atoms with Crippen LogP contribution in [0.2, 0.25) is 9.26 Å². The van der Waals surface area contributed by atoms with Crippen LogP contribution in [0.4, 0.5) is 0 Å². The Morgan fingerprint density at radius 2 is 1.70 bits per heavy atom. The predicted molar refractivity (Wildman–Crippen MR) is 102 cm³/mol. The second-order valence-corrected chi connectivity index (χ2v) is 11.9. The third-order valence-corrected chi connectivity index (χ3v) is 11.2. The Morgan fingerprint density at radius 1 is 1.00 bits per heavy atom. The van der Waals surface area contributed by atoms with Crippen molar-refractivity contribution in [3.8, 4) is 0 Å². The number of benzene rings is 1. The van der Waals surface area contributed by atoms with E-state index in [-0.39, 0.29) is 46.7 Å². The molecule has 1 aromatic rings. The van der Waals surface area contributed by atoms with Gasteiger partial charge in [-0.15, -0.1) is 0 Å². The van der Waals surface area contributed by atoms with Crippen molar-refractivity contribution in [2.24, 2.45) is 11.8 Å². The van der Waals surface area contributed by atoms with Crippen LogP contribution >= 0.6 is 0 Å². The van der Waals surface area contributed by atoms with Gasteiger partial charge in [0, 0.05) is 0 Å². The molecule has 5 heteroatoms. The summed E-state index contributed by atoms with van der Waals surface area (Å²) in [4.78, 5) is 0. The molecule has 0 aromatic heterocycles. The molecule has 2 fully saturated rings. The van der Waals surface area contributed by atoms with E-state index in [0.29, 0.717) is 3.72 Å². The van der Waals surface area contributed by atoms with Gasteiger partial charge in [0.05, 0.1) is 0 Å². The van der Waals surface area contributed by atoms with Gasteiger partial charge in [0.2, 0.25) is 0 Å². The fraction of sp³-hybridized carbons (Fsp3) is 0.545. The van der Waals surface area contributed by atoms with Gasteiger partial charge in [-0.2, -0.15) is 0 Å². The van der Waals surface area contributed by atoms with E-state index < -0.39 is 0 Å². The van der Waals surface area contributed by atoms with Crippen molar-refractivity contribution in [1.29, 1.82) is 0 Å². The second-order valence-electron chi connectivity index (χ2n) is 8.28. The van der Waals surface area contributed by atoms with Gasteiger partial charge in [-0.1, -0.05) is 0 Å². The van der Waals surface area contributed by atoms with Crippen LogP contribution in [0, 0.1) is 11.8 Å². The van der Waals surface area contributed by atoms with E-state index in [1.165, 1.54) is 51.4 Å². The van der Waals surface area contributed by atoms with E-state index in [4.69, 9.17) is 0 Å². The predicted octanol–water partition coefficient (Wildman–Crippen LogP) is -4.14. The molecule has 146 valence electrons. The molecular weight excluding hydrogens is 447 g/mol. The standard InChI is InChI=1S/C22H29Si.3ClH.Ti/c1-3-9-17(10-4-1)15-21-20-14-8-7-11-18(20)16-22(21)23-19-12-5-2-6-13-19;;;;/h2,5-8,12-14,17-18,22H,1,3-4,9-11,15-16,23H2;3*1H;/q;;;;+3/p-3. The van der Waals surface area contributed by atoms with Gasteiger partial charge >= 0.3 is 162 Å². The van der Waals surface area contributed by atoms with Crippen LogP contribution in [0.5, 0.6) is 0 Å². The molecule has 0 aliphatic heterocycles. The van der Waals surface area contributed by atoms with Gasteiger partial charge in [0.1, 0.15) is 0 Å². The first-order valence-corrected chi connectivity index (χ1v) is 12.2. The van der Waals surface area contributed by atoms with Gasteiger partial charge in [0.15, 0.2) is 0 Å². The Balaban J connectivity index is 0.00000121. The summed E-state index contributed by atoms with van der Waals surface area (Å²) in [6, 6.07) is 11.4. The Morgan fingerprint density at radius 3 is 2.41 bits per heavy atom. The molecule has 0 saturated heterocycles. The Bertz CT molecular complexity index is 628. The SMILES string of the molecule is [Cl-].[Cl-].[Cl-].[Ti+3][C]1(CC2CCCCC2)C2=CC=CCC2CC1[SiH2]c1ccccc1. The minimum absolute atomic E-state index is 0. The molecule has 3 unspecified atom stereocenters. The summed E-state index contributed by atoms with van der Waals surface area (Å²) in [6.07, 6.45) is 18.9. The van der Waals surface area contributed by atoms with E-state index in [1.54, 1.807) is 5.19 Å². The van der Waals surface area contributed by atoms with Crippen molar-refractivity contribution in [3.63, 3.8) is 0 Å². The summed E-state index contributed by atoms with van der Waals surface area (Å²) in [6.45, 7) is 0. The second kappa shape index (κ2) is 11.6. The Kier molecular flexibility index (Phi) is 11.0. The molecule has 3 aliphatic carbocycles. The van der Waals surface area contributed by atoms with E-state index in [2.05, 4.69) is 69.0 Å². The first-order valence-electron chi connectivity index (χ1n) is 9.92. The van der Waals surface area contributed by atoms with Gasteiger partial charge in [-0.05, 0) is 0 Å². The monoisotopic (exact) mass is 474 g/mol. The molecular formula is C22H29Cl3SiTi. The summed E-state index contributed by atoms with van der Waals surface area (Å²) < 4.78 is 0.486. The molecule has 4 rings (SSSR count). The molecule has 0 radical (unpaired) electrons. The first-order chi connectivity index (χ1) is 11.8. The van der Waals surface area contributed by atoms with Crippen LogP contribution in [0.1, 0.15) is 51.4 Å². The quantitative estimate of drug-likeness (QED) is 0.388. The summed E-state index contributed by atoms with van der Waals surface area (Å²) >= 11 is 2.65. The van der Waals surface area contributed by atoms with Crippen molar-refractivity contribution in [2.45, 2.75) is 60.6 Å². The van der Waals surface area contributed by atoms with Crippen molar-refractivity contribution in [3.05, 3.63) is 54.1 Å². The molecule has 0 amide bonds. The van der Waals surface area contributed by atoms with Crippen molar-refractivity contribution >= 4 is 14.7 Å². The number of rotatable bonds is 4. The zero-order valence-corrected chi connectivity index (χ0v) is 21.1. The zero-order chi connectivity index (χ0) is 16.4. The third kappa shape index (κ3) is 5.77. The van der Waals surface area contributed by atoms with Crippen molar-refractivity contribution in [1.82, 2.24) is 0 Å².